The van der Waals surface area contributed by atoms with E-state index in [-0.39, 0.29) is 5.78 Å². The molecule has 0 aliphatic heterocycles. The Balaban J connectivity index is 1.88. The van der Waals surface area contributed by atoms with Crippen molar-refractivity contribution in [2.24, 2.45) is 5.41 Å². The van der Waals surface area contributed by atoms with Gasteiger partial charge in [0.25, 0.3) is 0 Å². The van der Waals surface area contributed by atoms with Crippen molar-refractivity contribution in [2.75, 3.05) is 0 Å². The van der Waals surface area contributed by atoms with Gasteiger partial charge in [-0.15, -0.1) is 6.58 Å². The van der Waals surface area contributed by atoms with Crippen LogP contribution in [-0.2, 0) is 12.8 Å². The van der Waals surface area contributed by atoms with E-state index in [2.05, 4.69) is 43.0 Å². The van der Waals surface area contributed by atoms with E-state index in [9.17, 15) is 4.79 Å². The number of fused-ring (bicyclic) bond motifs is 2. The monoisotopic (exact) mass is 286 g/mol. The Bertz CT molecular complexity index is 812. The highest BCUT2D eigenvalue weighted by molar-refractivity contribution is 6.12. The average molecular weight is 286 g/mol. The van der Waals surface area contributed by atoms with Crippen LogP contribution in [0.2, 0.25) is 0 Å². The van der Waals surface area contributed by atoms with Crippen LogP contribution in [0, 0.1) is 5.41 Å². The Morgan fingerprint density at radius 2 is 1.68 bits per heavy atom. The molecule has 0 heterocycles. The Morgan fingerprint density at radius 3 is 2.41 bits per heavy atom. The second-order valence-corrected chi connectivity index (χ2v) is 6.22. The van der Waals surface area contributed by atoms with Gasteiger partial charge in [0.15, 0.2) is 5.78 Å². The molecule has 0 spiro atoms. The van der Waals surface area contributed by atoms with E-state index in [1.54, 1.807) is 0 Å². The zero-order valence-electron chi connectivity index (χ0n) is 12.5. The van der Waals surface area contributed by atoms with Crippen LogP contribution in [0.3, 0.4) is 0 Å². The minimum Gasteiger partial charge on any atom is -0.293 e. The molecule has 0 saturated carbocycles. The number of hydrogen-bond acceptors (Lipinski definition) is 1. The third kappa shape index (κ3) is 1.69. The number of rotatable bonds is 3. The highest BCUT2D eigenvalue weighted by Crippen LogP contribution is 2.51. The fourth-order valence-electron chi connectivity index (χ4n) is 4.03. The molecular formula is C21H18O. The quantitative estimate of drug-likeness (QED) is 0.752. The smallest absolute Gasteiger partial charge is 0.174 e. The fourth-order valence-corrected chi connectivity index (χ4v) is 4.03. The average Bonchev–Trinajstić information content (AvgIpc) is 3.09. The predicted molar refractivity (Wildman–Crippen MR) is 89.8 cm³/mol. The lowest BCUT2D eigenvalue weighted by Gasteiger charge is -2.29. The number of Topliss-reactive ketones (excluding diaryl/α,β-unsaturated/α-hetero) is 1. The minimum absolute atomic E-state index is 0.256. The molecule has 1 unspecified atom stereocenters. The third-order valence-electron chi connectivity index (χ3n) is 5.03. The van der Waals surface area contributed by atoms with Gasteiger partial charge < -0.3 is 0 Å². The van der Waals surface area contributed by atoms with Gasteiger partial charge in [0, 0.05) is 5.56 Å². The van der Waals surface area contributed by atoms with E-state index in [0.29, 0.717) is 6.42 Å². The van der Waals surface area contributed by atoms with Crippen LogP contribution < -0.4 is 0 Å². The van der Waals surface area contributed by atoms with Crippen LogP contribution in [-0.4, -0.2) is 5.78 Å². The molecule has 4 rings (SSSR count). The van der Waals surface area contributed by atoms with Crippen molar-refractivity contribution in [1.82, 2.24) is 0 Å². The number of benzene rings is 2. The second-order valence-electron chi connectivity index (χ2n) is 6.22. The second kappa shape index (κ2) is 4.81. The van der Waals surface area contributed by atoms with E-state index >= 15 is 0 Å². The molecule has 1 heteroatoms. The van der Waals surface area contributed by atoms with Gasteiger partial charge in [0.2, 0.25) is 0 Å². The maximum Gasteiger partial charge on any atom is 0.174 e. The Hall–Kier alpha value is -2.41. The van der Waals surface area contributed by atoms with Gasteiger partial charge >= 0.3 is 0 Å². The van der Waals surface area contributed by atoms with E-state index in [1.165, 1.54) is 22.3 Å². The maximum absolute atomic E-state index is 13.2. The molecule has 2 aromatic carbocycles. The summed E-state index contributed by atoms with van der Waals surface area (Å²) < 4.78 is 0. The van der Waals surface area contributed by atoms with E-state index < -0.39 is 5.41 Å². The Kier molecular flexibility index (Phi) is 2.90. The minimum atomic E-state index is -0.460. The lowest BCUT2D eigenvalue weighted by molar-refractivity contribution is 0.0887. The highest BCUT2D eigenvalue weighted by Gasteiger charge is 2.48. The summed E-state index contributed by atoms with van der Waals surface area (Å²) in [6.45, 7) is 3.91. The summed E-state index contributed by atoms with van der Waals surface area (Å²) in [7, 11) is 0. The summed E-state index contributed by atoms with van der Waals surface area (Å²) in [5.74, 6) is 0.256. The van der Waals surface area contributed by atoms with Crippen molar-refractivity contribution in [3.8, 4) is 0 Å². The number of ketones is 1. The molecule has 0 N–H and O–H groups in total. The van der Waals surface area contributed by atoms with Crippen LogP contribution >= 0.6 is 0 Å². The summed E-state index contributed by atoms with van der Waals surface area (Å²) in [5.41, 5.74) is 5.35. The molecule has 1 nitrogen and oxygen atoms in total. The largest absolute Gasteiger partial charge is 0.293 e. The van der Waals surface area contributed by atoms with Gasteiger partial charge in [0.05, 0.1) is 5.41 Å². The lowest BCUT2D eigenvalue weighted by atomic mass is 9.72. The predicted octanol–water partition coefficient (Wildman–Crippen LogP) is 4.63. The SMILES string of the molecule is C=CCC1(C2=CCc3ccccc32)Cc2ccccc2C1=O. The third-order valence-corrected chi connectivity index (χ3v) is 5.03. The molecular weight excluding hydrogens is 268 g/mol. The summed E-state index contributed by atoms with van der Waals surface area (Å²) >= 11 is 0. The number of carbonyl (C=O) groups is 1. The van der Waals surface area contributed by atoms with Crippen LogP contribution in [0.5, 0.6) is 0 Å². The first-order chi connectivity index (χ1) is 10.8. The topological polar surface area (TPSA) is 17.1 Å². The van der Waals surface area contributed by atoms with Crippen LogP contribution in [0.4, 0.5) is 0 Å². The zero-order chi connectivity index (χ0) is 15.2. The summed E-state index contributed by atoms with van der Waals surface area (Å²) in [6, 6.07) is 16.5. The molecule has 2 aliphatic carbocycles. The van der Waals surface area contributed by atoms with E-state index in [1.807, 2.05) is 24.3 Å². The van der Waals surface area contributed by atoms with Gasteiger partial charge in [0.1, 0.15) is 0 Å². The molecule has 2 aliphatic rings. The van der Waals surface area contributed by atoms with Gasteiger partial charge in [-0.05, 0) is 41.5 Å². The number of hydrogen-bond donors (Lipinski definition) is 0. The van der Waals surface area contributed by atoms with Crippen molar-refractivity contribution < 1.29 is 4.79 Å². The molecule has 2 aromatic rings. The molecule has 108 valence electrons. The standard InChI is InChI=1S/C21H18O/c1-2-13-21(14-16-8-4-6-10-18(16)20(21)22)19-12-11-15-7-3-5-9-17(15)19/h2-10,12H,1,11,13-14H2. The van der Waals surface area contributed by atoms with Crippen LogP contribution in [0.25, 0.3) is 5.57 Å². The van der Waals surface area contributed by atoms with Gasteiger partial charge in [-0.2, -0.15) is 0 Å². The van der Waals surface area contributed by atoms with Gasteiger partial charge in [-0.1, -0.05) is 60.7 Å². The van der Waals surface area contributed by atoms with Crippen LogP contribution in [0.15, 0.2) is 67.3 Å². The van der Waals surface area contributed by atoms with Crippen molar-refractivity contribution in [1.29, 1.82) is 0 Å². The lowest BCUT2D eigenvalue weighted by Crippen LogP contribution is -2.28. The van der Waals surface area contributed by atoms with E-state index in [0.717, 1.165) is 18.4 Å². The molecule has 22 heavy (non-hydrogen) atoms. The van der Waals surface area contributed by atoms with Gasteiger partial charge in [-0.3, -0.25) is 4.79 Å². The first-order valence-electron chi connectivity index (χ1n) is 7.79. The van der Waals surface area contributed by atoms with Crippen molar-refractivity contribution >= 4 is 11.4 Å². The summed E-state index contributed by atoms with van der Waals surface area (Å²) in [6.07, 6.45) is 6.55. The Morgan fingerprint density at radius 1 is 1.00 bits per heavy atom. The number of allylic oxidation sites excluding steroid dienone is 3. The fraction of sp³-hybridized carbons (Fsp3) is 0.190. The van der Waals surface area contributed by atoms with Crippen molar-refractivity contribution in [2.45, 2.75) is 19.3 Å². The zero-order valence-corrected chi connectivity index (χ0v) is 12.5. The maximum atomic E-state index is 13.2. The molecule has 0 saturated heterocycles. The van der Waals surface area contributed by atoms with E-state index in [4.69, 9.17) is 0 Å². The Labute approximate surface area is 131 Å². The van der Waals surface area contributed by atoms with Gasteiger partial charge in [-0.25, -0.2) is 0 Å². The first kappa shape index (κ1) is 13.3. The normalized spacial score (nSPS) is 22.2. The number of carbonyl (C=O) groups excluding carboxylic acids is 1. The molecule has 1 atom stereocenters. The molecule has 0 bridgehead atoms. The van der Waals surface area contributed by atoms with Crippen LogP contribution in [0.1, 0.15) is 33.5 Å². The molecule has 0 amide bonds. The summed E-state index contributed by atoms with van der Waals surface area (Å²) in [4.78, 5) is 13.2. The molecule has 0 radical (unpaired) electrons. The highest BCUT2D eigenvalue weighted by atomic mass is 16.1. The summed E-state index contributed by atoms with van der Waals surface area (Å²) in [5, 5.41) is 0. The van der Waals surface area contributed by atoms with Crippen molar-refractivity contribution in [3.05, 3.63) is 89.5 Å². The molecule has 0 aromatic heterocycles. The molecule has 0 fully saturated rings. The van der Waals surface area contributed by atoms with Crippen molar-refractivity contribution in [3.63, 3.8) is 0 Å². The first-order valence-corrected chi connectivity index (χ1v) is 7.79.